The van der Waals surface area contributed by atoms with Crippen LogP contribution in [0.15, 0.2) is 48.5 Å². The molecule has 4 radical (unpaired) electrons. The molecule has 0 fully saturated rings. The third-order valence-electron chi connectivity index (χ3n) is 10.9. The number of rotatable bonds is 36. The van der Waals surface area contributed by atoms with Gasteiger partial charge in [-0.15, -0.1) is 0 Å². The fourth-order valence-electron chi connectivity index (χ4n) is 6.90. The zero-order valence-corrected chi connectivity index (χ0v) is 44.7. The van der Waals surface area contributed by atoms with Crippen LogP contribution < -0.4 is 10.2 Å². The summed E-state index contributed by atoms with van der Waals surface area (Å²) in [7, 11) is 0. The van der Waals surface area contributed by atoms with Crippen molar-refractivity contribution in [2.24, 2.45) is 0 Å². The molecule has 0 saturated heterocycles. The molecule has 0 saturated carbocycles. The van der Waals surface area contributed by atoms with Crippen LogP contribution in [0.2, 0.25) is 0 Å². The van der Waals surface area contributed by atoms with Crippen molar-refractivity contribution in [2.45, 2.75) is 233 Å². The average Bonchev–Trinajstić information content (AvgIpc) is 3.30. The summed E-state index contributed by atoms with van der Waals surface area (Å²) < 4.78 is 10.3. The van der Waals surface area contributed by atoms with Crippen LogP contribution in [-0.2, 0) is 9.47 Å². The van der Waals surface area contributed by atoms with Gasteiger partial charge in [-0.3, -0.25) is 0 Å². The zero-order valence-electron chi connectivity index (χ0n) is 41.8. The van der Waals surface area contributed by atoms with Gasteiger partial charge in [0.15, 0.2) is 0 Å². The maximum atomic E-state index is 11.9. The van der Waals surface area contributed by atoms with Gasteiger partial charge < -0.3 is 29.3 Å². The van der Waals surface area contributed by atoms with Gasteiger partial charge in [0.1, 0.15) is 0 Å². The van der Waals surface area contributed by atoms with E-state index in [9.17, 15) is 29.4 Å². The minimum absolute atomic E-state index is 0. The minimum atomic E-state index is -1.36. The number of unbranched alkanes of at least 4 members (excludes halogenated alkanes) is 28. The van der Waals surface area contributed by atoms with E-state index in [1.807, 2.05) is 0 Å². The van der Waals surface area contributed by atoms with Gasteiger partial charge in [0.05, 0.1) is 36.3 Å². The Balaban J connectivity index is -0.000000878. The van der Waals surface area contributed by atoms with Gasteiger partial charge in [-0.1, -0.05) is 271 Å². The molecule has 0 spiro atoms. The molecule has 0 unspecified atom stereocenters. The standard InChI is InChI=1S/2C20H30O4.2C8H17.Sn/c2*1-2-3-4-5-6-7-8-9-10-13-16-24-20(23)18-15-12-11-14-17(18)19(21)22;2*1-3-5-7-8-6-4-2;/h2*11-12,14-15H,2-10,13,16H2,1H3,(H,21,22);2*1,3-8H2,2H3;/q;;;;+2/p-2. The predicted molar refractivity (Wildman–Crippen MR) is 269 cm³/mol. The number of carbonyl (C=O) groups is 4. The van der Waals surface area contributed by atoms with Gasteiger partial charge >= 0.3 is 35.8 Å². The van der Waals surface area contributed by atoms with E-state index in [1.54, 1.807) is 24.3 Å². The van der Waals surface area contributed by atoms with Crippen LogP contribution in [0.1, 0.15) is 275 Å². The first-order chi connectivity index (χ1) is 31.2. The summed E-state index contributed by atoms with van der Waals surface area (Å²) in [5.74, 6) is -3.90. The first-order valence-electron chi connectivity index (χ1n) is 25.7. The zero-order chi connectivity index (χ0) is 47.7. The van der Waals surface area contributed by atoms with Crippen LogP contribution in [0.3, 0.4) is 0 Å². The molecule has 0 aliphatic carbocycles. The van der Waals surface area contributed by atoms with E-state index >= 15 is 0 Å². The second-order valence-corrected chi connectivity index (χ2v) is 16.8. The largest absolute Gasteiger partial charge is 2.00 e. The van der Waals surface area contributed by atoms with E-state index in [0.717, 1.165) is 51.4 Å². The van der Waals surface area contributed by atoms with E-state index in [4.69, 9.17) is 9.47 Å². The van der Waals surface area contributed by atoms with Crippen molar-refractivity contribution in [3.05, 3.63) is 84.6 Å². The molecule has 2 aromatic carbocycles. The van der Waals surface area contributed by atoms with Gasteiger partial charge in [0, 0.05) is 11.1 Å². The van der Waals surface area contributed by atoms with Crippen molar-refractivity contribution in [3.63, 3.8) is 0 Å². The number of ether oxygens (including phenoxy) is 2. The number of hydrogen-bond acceptors (Lipinski definition) is 8. The van der Waals surface area contributed by atoms with Gasteiger partial charge in [0.2, 0.25) is 0 Å². The second kappa shape index (κ2) is 52.1. The summed E-state index contributed by atoms with van der Waals surface area (Å²) in [6.45, 7) is 17.2. The van der Waals surface area contributed by atoms with Gasteiger partial charge in [0.25, 0.3) is 0 Å². The molecule has 0 N–H and O–H groups in total. The van der Waals surface area contributed by atoms with Gasteiger partial charge in [-0.25, -0.2) is 9.59 Å². The van der Waals surface area contributed by atoms with Gasteiger partial charge in [-0.2, -0.15) is 0 Å². The molecule has 0 aromatic heterocycles. The second-order valence-electron chi connectivity index (χ2n) is 16.8. The van der Waals surface area contributed by atoms with E-state index in [-0.39, 0.29) is 46.2 Å². The normalized spacial score (nSPS) is 10.2. The Morgan fingerprint density at radius 2 is 0.585 bits per heavy atom. The number of aromatic carboxylic acids is 2. The Bertz CT molecular complexity index is 1260. The molecule has 2 rings (SSSR count). The average molecular weight is 1010 g/mol. The molecule has 0 atom stereocenters. The van der Waals surface area contributed by atoms with Crippen LogP contribution >= 0.6 is 0 Å². The molecule has 8 nitrogen and oxygen atoms in total. The first kappa shape index (κ1) is 66.4. The molecule has 65 heavy (non-hydrogen) atoms. The van der Waals surface area contributed by atoms with E-state index in [2.05, 4.69) is 41.5 Å². The number of esters is 2. The molecule has 2 aromatic rings. The molecular formula is C56H92O8Sn. The maximum absolute atomic E-state index is 11.9. The molecule has 0 amide bonds. The summed E-state index contributed by atoms with van der Waals surface area (Å²) >= 11 is 0. The van der Waals surface area contributed by atoms with Crippen LogP contribution in [0, 0.1) is 13.8 Å². The minimum Gasteiger partial charge on any atom is -0.545 e. The van der Waals surface area contributed by atoms with E-state index in [1.165, 1.54) is 178 Å². The van der Waals surface area contributed by atoms with Crippen molar-refractivity contribution in [1.82, 2.24) is 0 Å². The van der Waals surface area contributed by atoms with Crippen molar-refractivity contribution in [3.8, 4) is 0 Å². The Morgan fingerprint density at radius 3 is 0.815 bits per heavy atom. The summed E-state index contributed by atoms with van der Waals surface area (Å²) in [6.07, 6.45) is 40.2. The van der Waals surface area contributed by atoms with Crippen LogP contribution in [0.5, 0.6) is 0 Å². The Kier molecular flexibility index (Phi) is 53.2. The molecule has 368 valence electrons. The molecule has 9 heteroatoms. The van der Waals surface area contributed by atoms with Crippen LogP contribution in [-0.4, -0.2) is 61.0 Å². The number of hydrogen-bond donors (Lipinski definition) is 0. The number of carboxylic acid groups (broad SMARTS) is 2. The van der Waals surface area contributed by atoms with Crippen molar-refractivity contribution < 1.29 is 38.9 Å². The van der Waals surface area contributed by atoms with Crippen molar-refractivity contribution in [1.29, 1.82) is 0 Å². The van der Waals surface area contributed by atoms with E-state index in [0.29, 0.717) is 13.2 Å². The summed E-state index contributed by atoms with van der Waals surface area (Å²) in [5, 5.41) is 21.9. The Hall–Kier alpha value is -2.88. The third-order valence-corrected chi connectivity index (χ3v) is 10.9. The monoisotopic (exact) mass is 1010 g/mol. The predicted octanol–water partition coefficient (Wildman–Crippen LogP) is 14.2. The fraction of sp³-hybridized carbons (Fsp3) is 0.679. The van der Waals surface area contributed by atoms with Crippen LogP contribution in [0.25, 0.3) is 0 Å². The smallest absolute Gasteiger partial charge is 0.545 e. The topological polar surface area (TPSA) is 133 Å². The quantitative estimate of drug-likeness (QED) is 0.0374. The Labute approximate surface area is 415 Å². The first-order valence-corrected chi connectivity index (χ1v) is 25.7. The fourth-order valence-corrected chi connectivity index (χ4v) is 6.90. The molecule has 0 aliphatic rings. The Morgan fingerprint density at radius 1 is 0.369 bits per heavy atom. The molecular weight excluding hydrogens is 919 g/mol. The van der Waals surface area contributed by atoms with Gasteiger partial charge in [-0.05, 0) is 25.0 Å². The van der Waals surface area contributed by atoms with Crippen molar-refractivity contribution in [2.75, 3.05) is 13.2 Å². The third kappa shape index (κ3) is 42.2. The number of benzene rings is 2. The summed E-state index contributed by atoms with van der Waals surface area (Å²) in [5.41, 5.74) is -0.120. The molecule has 0 bridgehead atoms. The van der Waals surface area contributed by atoms with E-state index < -0.39 is 23.9 Å². The SMILES string of the molecule is CCCCCCCCCCCCOC(=O)c1ccccc1C(=O)[O-].CCCCCCCCCCCCOC(=O)c1ccccc1C(=O)[O-].[CH2]CCCCCCC.[CH2]CCCCCCC.[Sn+2]. The summed E-state index contributed by atoms with van der Waals surface area (Å²) in [4.78, 5) is 45.8. The number of carboxylic acids is 2. The number of carbonyl (C=O) groups excluding carboxylic acids is 4. The summed E-state index contributed by atoms with van der Waals surface area (Å²) in [6, 6.07) is 12.0. The maximum Gasteiger partial charge on any atom is 2.00 e. The molecule has 0 heterocycles. The van der Waals surface area contributed by atoms with Crippen LogP contribution in [0.4, 0.5) is 0 Å². The van der Waals surface area contributed by atoms with Crippen molar-refractivity contribution >= 4 is 47.8 Å². The molecule has 0 aliphatic heterocycles.